The largest absolute Gasteiger partial charge is 0.380 e. The first-order valence-corrected chi connectivity index (χ1v) is 8.38. The number of benzene rings is 2. The summed E-state index contributed by atoms with van der Waals surface area (Å²) in [6.45, 7) is 1.51. The zero-order chi connectivity index (χ0) is 17.6. The second-order valence-electron chi connectivity index (χ2n) is 6.12. The average molecular weight is 338 g/mol. The molecule has 1 aliphatic rings. The van der Waals surface area contributed by atoms with Crippen molar-refractivity contribution in [3.63, 3.8) is 0 Å². The molecule has 0 radical (unpaired) electrons. The van der Waals surface area contributed by atoms with Gasteiger partial charge in [-0.25, -0.2) is 0 Å². The van der Waals surface area contributed by atoms with E-state index in [-0.39, 0.29) is 18.2 Å². The number of ether oxygens (including phenoxy) is 1. The van der Waals surface area contributed by atoms with E-state index in [9.17, 15) is 9.59 Å². The summed E-state index contributed by atoms with van der Waals surface area (Å²) in [7, 11) is 1.65. The van der Waals surface area contributed by atoms with Gasteiger partial charge in [-0.3, -0.25) is 9.59 Å². The Morgan fingerprint density at radius 3 is 2.68 bits per heavy atom. The summed E-state index contributed by atoms with van der Waals surface area (Å²) < 4.78 is 5.14. The van der Waals surface area contributed by atoms with Crippen LogP contribution >= 0.6 is 0 Å². The Morgan fingerprint density at radius 1 is 1.16 bits per heavy atom. The summed E-state index contributed by atoms with van der Waals surface area (Å²) in [6, 6.07) is 16.7. The number of hydrogen-bond donors (Lipinski definition) is 1. The van der Waals surface area contributed by atoms with E-state index in [0.717, 1.165) is 16.7 Å². The van der Waals surface area contributed by atoms with Crippen LogP contribution in [0.25, 0.3) is 0 Å². The van der Waals surface area contributed by atoms with Crippen molar-refractivity contribution < 1.29 is 14.3 Å². The van der Waals surface area contributed by atoms with Crippen LogP contribution in [0, 0.1) is 0 Å². The fraction of sp³-hybridized carbons (Fsp3) is 0.300. The minimum atomic E-state index is -0.565. The van der Waals surface area contributed by atoms with E-state index in [1.165, 1.54) is 0 Å². The van der Waals surface area contributed by atoms with Gasteiger partial charge in [-0.15, -0.1) is 0 Å². The number of amides is 2. The molecule has 1 N–H and O–H groups in total. The minimum Gasteiger partial charge on any atom is -0.380 e. The highest BCUT2D eigenvalue weighted by atomic mass is 16.5. The van der Waals surface area contributed by atoms with Crippen LogP contribution in [0.15, 0.2) is 54.6 Å². The van der Waals surface area contributed by atoms with Gasteiger partial charge in [-0.1, -0.05) is 54.6 Å². The molecule has 3 rings (SSSR count). The van der Waals surface area contributed by atoms with Gasteiger partial charge in [0.15, 0.2) is 0 Å². The van der Waals surface area contributed by atoms with Crippen molar-refractivity contribution in [1.29, 1.82) is 0 Å². The molecule has 1 fully saturated rings. The minimum absolute atomic E-state index is 0.0433. The monoisotopic (exact) mass is 338 g/mol. The zero-order valence-corrected chi connectivity index (χ0v) is 14.3. The van der Waals surface area contributed by atoms with Crippen molar-refractivity contribution in [2.75, 3.05) is 20.2 Å². The standard InChI is InChI=1S/C20H22N2O3/c1-25-14-16-7-5-6-15(12-16)13-18(23)22-11-10-21-20(24)19(22)17-8-3-2-4-9-17/h2-9,12,19H,10-11,13-14H2,1H3,(H,21,24)/t19-/m0/s1. The molecular weight excluding hydrogens is 316 g/mol. The van der Waals surface area contributed by atoms with E-state index in [0.29, 0.717) is 19.7 Å². The van der Waals surface area contributed by atoms with Gasteiger partial charge in [0.1, 0.15) is 6.04 Å². The highest BCUT2D eigenvalue weighted by Crippen LogP contribution is 2.24. The normalized spacial score (nSPS) is 17.2. The predicted molar refractivity (Wildman–Crippen MR) is 94.8 cm³/mol. The van der Waals surface area contributed by atoms with E-state index < -0.39 is 6.04 Å². The average Bonchev–Trinajstić information content (AvgIpc) is 2.63. The zero-order valence-electron chi connectivity index (χ0n) is 14.3. The van der Waals surface area contributed by atoms with Crippen molar-refractivity contribution in [2.45, 2.75) is 19.1 Å². The van der Waals surface area contributed by atoms with Crippen LogP contribution in [-0.4, -0.2) is 36.9 Å². The molecule has 0 spiro atoms. The lowest BCUT2D eigenvalue weighted by Gasteiger charge is -2.35. The topological polar surface area (TPSA) is 58.6 Å². The van der Waals surface area contributed by atoms with Crippen LogP contribution < -0.4 is 5.32 Å². The van der Waals surface area contributed by atoms with Gasteiger partial charge in [0.25, 0.3) is 0 Å². The van der Waals surface area contributed by atoms with Crippen LogP contribution in [0.4, 0.5) is 0 Å². The third-order valence-corrected chi connectivity index (χ3v) is 4.31. The van der Waals surface area contributed by atoms with Gasteiger partial charge in [0, 0.05) is 20.2 Å². The molecule has 0 bridgehead atoms. The molecule has 25 heavy (non-hydrogen) atoms. The highest BCUT2D eigenvalue weighted by Gasteiger charge is 2.33. The third-order valence-electron chi connectivity index (χ3n) is 4.31. The number of nitrogens with one attached hydrogen (secondary N) is 1. The van der Waals surface area contributed by atoms with E-state index >= 15 is 0 Å². The maximum atomic E-state index is 12.9. The fourth-order valence-corrected chi connectivity index (χ4v) is 3.17. The van der Waals surface area contributed by atoms with Crippen molar-refractivity contribution >= 4 is 11.8 Å². The summed E-state index contributed by atoms with van der Waals surface area (Å²) in [5.41, 5.74) is 2.79. The molecule has 2 amide bonds. The molecule has 130 valence electrons. The maximum absolute atomic E-state index is 12.9. The molecule has 5 heteroatoms. The second-order valence-corrected chi connectivity index (χ2v) is 6.12. The molecule has 1 heterocycles. The highest BCUT2D eigenvalue weighted by molar-refractivity contribution is 5.90. The number of hydrogen-bond acceptors (Lipinski definition) is 3. The van der Waals surface area contributed by atoms with Gasteiger partial charge in [-0.2, -0.15) is 0 Å². The number of piperazine rings is 1. The summed E-state index contributed by atoms with van der Waals surface area (Å²) >= 11 is 0. The summed E-state index contributed by atoms with van der Waals surface area (Å²) in [5, 5.41) is 2.86. The smallest absolute Gasteiger partial charge is 0.247 e. The Labute approximate surface area is 147 Å². The number of carbonyl (C=O) groups is 2. The molecule has 2 aromatic rings. The Kier molecular flexibility index (Phi) is 5.46. The number of nitrogens with zero attached hydrogens (tertiary/aromatic N) is 1. The fourth-order valence-electron chi connectivity index (χ4n) is 3.17. The maximum Gasteiger partial charge on any atom is 0.247 e. The lowest BCUT2D eigenvalue weighted by atomic mass is 10.0. The van der Waals surface area contributed by atoms with Crippen molar-refractivity contribution in [3.05, 3.63) is 71.3 Å². The van der Waals surface area contributed by atoms with Crippen LogP contribution in [0.3, 0.4) is 0 Å². The lowest BCUT2D eigenvalue weighted by molar-refractivity contribution is -0.143. The first-order chi connectivity index (χ1) is 12.2. The first-order valence-electron chi connectivity index (χ1n) is 8.38. The lowest BCUT2D eigenvalue weighted by Crippen LogP contribution is -2.52. The molecule has 1 saturated heterocycles. The second kappa shape index (κ2) is 7.94. The number of carbonyl (C=O) groups excluding carboxylic acids is 2. The van der Waals surface area contributed by atoms with E-state index in [2.05, 4.69) is 5.32 Å². The van der Waals surface area contributed by atoms with E-state index in [1.54, 1.807) is 12.0 Å². The Balaban J connectivity index is 1.79. The van der Waals surface area contributed by atoms with Gasteiger partial charge in [-0.05, 0) is 16.7 Å². The third kappa shape index (κ3) is 4.06. The first kappa shape index (κ1) is 17.2. The van der Waals surface area contributed by atoms with Crippen molar-refractivity contribution in [3.8, 4) is 0 Å². The SMILES string of the molecule is COCc1cccc(CC(=O)N2CCNC(=O)[C@@H]2c2ccccc2)c1. The van der Waals surface area contributed by atoms with Gasteiger partial charge in [0.2, 0.25) is 11.8 Å². The summed E-state index contributed by atoms with van der Waals surface area (Å²) in [5.74, 6) is -0.169. The molecule has 0 unspecified atom stereocenters. The number of methoxy groups -OCH3 is 1. The Bertz CT molecular complexity index is 746. The molecule has 1 atom stereocenters. The van der Waals surface area contributed by atoms with Gasteiger partial charge >= 0.3 is 0 Å². The Morgan fingerprint density at radius 2 is 1.92 bits per heavy atom. The quantitative estimate of drug-likeness (QED) is 0.908. The van der Waals surface area contributed by atoms with Gasteiger partial charge < -0.3 is 15.0 Å². The summed E-state index contributed by atoms with van der Waals surface area (Å²) in [4.78, 5) is 26.9. The molecule has 0 aliphatic carbocycles. The molecule has 2 aromatic carbocycles. The number of rotatable bonds is 5. The van der Waals surface area contributed by atoms with Crippen LogP contribution in [0.5, 0.6) is 0 Å². The van der Waals surface area contributed by atoms with Crippen LogP contribution in [0.1, 0.15) is 22.7 Å². The molecule has 1 aliphatic heterocycles. The Hall–Kier alpha value is -2.66. The van der Waals surface area contributed by atoms with Crippen molar-refractivity contribution in [2.24, 2.45) is 0 Å². The summed E-state index contributed by atoms with van der Waals surface area (Å²) in [6.07, 6.45) is 0.272. The molecule has 0 saturated carbocycles. The van der Waals surface area contributed by atoms with E-state index in [4.69, 9.17) is 4.74 Å². The van der Waals surface area contributed by atoms with Crippen LogP contribution in [-0.2, 0) is 27.4 Å². The van der Waals surface area contributed by atoms with Crippen LogP contribution in [0.2, 0.25) is 0 Å². The molecule has 0 aromatic heterocycles. The predicted octanol–water partition coefficient (Wildman–Crippen LogP) is 2.08. The van der Waals surface area contributed by atoms with E-state index in [1.807, 2.05) is 54.6 Å². The molecular formula is C20H22N2O3. The van der Waals surface area contributed by atoms with Gasteiger partial charge in [0.05, 0.1) is 13.0 Å². The molecule has 5 nitrogen and oxygen atoms in total. The van der Waals surface area contributed by atoms with Crippen molar-refractivity contribution in [1.82, 2.24) is 10.2 Å².